The standard InChI is InChI=1S/C8H12N2O2S3/c1-13-7-9-10-8(15-7)14-4-6-2-3-11-5-12-6/h6H,2-5H2,1H3/t6-/m1/s1. The molecule has 2 rings (SSSR count). The van der Waals surface area contributed by atoms with Crippen molar-refractivity contribution in [2.24, 2.45) is 0 Å². The Kier molecular flexibility index (Phi) is 4.70. The van der Waals surface area contributed by atoms with Crippen LogP contribution < -0.4 is 0 Å². The molecule has 1 aromatic heterocycles. The van der Waals surface area contributed by atoms with E-state index in [-0.39, 0.29) is 0 Å². The summed E-state index contributed by atoms with van der Waals surface area (Å²) in [4.78, 5) is 0. The molecule has 1 aliphatic rings. The third-order valence-electron chi connectivity index (χ3n) is 1.93. The van der Waals surface area contributed by atoms with Gasteiger partial charge in [0.15, 0.2) is 8.68 Å². The van der Waals surface area contributed by atoms with Gasteiger partial charge in [-0.25, -0.2) is 0 Å². The van der Waals surface area contributed by atoms with Crippen molar-refractivity contribution in [2.45, 2.75) is 21.2 Å². The molecule has 1 aliphatic heterocycles. The fourth-order valence-electron chi connectivity index (χ4n) is 1.14. The van der Waals surface area contributed by atoms with Crippen LogP contribution in [0.2, 0.25) is 0 Å². The minimum Gasteiger partial charge on any atom is -0.355 e. The summed E-state index contributed by atoms with van der Waals surface area (Å²) in [6, 6.07) is 0. The van der Waals surface area contributed by atoms with Crippen molar-refractivity contribution in [1.82, 2.24) is 10.2 Å². The summed E-state index contributed by atoms with van der Waals surface area (Å²) in [5, 5.41) is 8.14. The lowest BCUT2D eigenvalue weighted by Gasteiger charge is -2.21. The number of nitrogens with zero attached hydrogens (tertiary/aromatic N) is 2. The Hall–Kier alpha value is 0.180. The number of rotatable bonds is 4. The molecule has 7 heteroatoms. The molecule has 1 saturated heterocycles. The van der Waals surface area contributed by atoms with Gasteiger partial charge < -0.3 is 9.47 Å². The van der Waals surface area contributed by atoms with Crippen LogP contribution in [0.25, 0.3) is 0 Å². The Morgan fingerprint density at radius 2 is 2.33 bits per heavy atom. The molecule has 0 spiro atoms. The van der Waals surface area contributed by atoms with Crippen LogP contribution in [0.1, 0.15) is 6.42 Å². The Labute approximate surface area is 101 Å². The first-order valence-electron chi connectivity index (χ1n) is 4.58. The van der Waals surface area contributed by atoms with E-state index in [1.807, 2.05) is 6.26 Å². The topological polar surface area (TPSA) is 44.2 Å². The highest BCUT2D eigenvalue weighted by molar-refractivity contribution is 8.02. The molecule has 0 aromatic carbocycles. The molecule has 84 valence electrons. The Bertz CT molecular complexity index is 302. The molecule has 2 heterocycles. The minimum atomic E-state index is 0.297. The van der Waals surface area contributed by atoms with Gasteiger partial charge in [0.1, 0.15) is 6.79 Å². The van der Waals surface area contributed by atoms with Crippen LogP contribution >= 0.6 is 34.9 Å². The van der Waals surface area contributed by atoms with E-state index in [0.717, 1.165) is 27.5 Å². The zero-order chi connectivity index (χ0) is 10.5. The van der Waals surface area contributed by atoms with Gasteiger partial charge in [0.05, 0.1) is 12.7 Å². The number of hydrogen-bond acceptors (Lipinski definition) is 7. The van der Waals surface area contributed by atoms with E-state index in [9.17, 15) is 0 Å². The van der Waals surface area contributed by atoms with Gasteiger partial charge >= 0.3 is 0 Å². The van der Waals surface area contributed by atoms with Crippen molar-refractivity contribution in [3.63, 3.8) is 0 Å². The van der Waals surface area contributed by atoms with Crippen molar-refractivity contribution in [3.8, 4) is 0 Å². The second kappa shape index (κ2) is 6.05. The van der Waals surface area contributed by atoms with Crippen LogP contribution in [-0.2, 0) is 9.47 Å². The number of ether oxygens (including phenoxy) is 2. The van der Waals surface area contributed by atoms with Crippen LogP contribution in [0.15, 0.2) is 8.68 Å². The van der Waals surface area contributed by atoms with Crippen LogP contribution in [0.3, 0.4) is 0 Å². The summed E-state index contributed by atoms with van der Waals surface area (Å²) >= 11 is 4.98. The Morgan fingerprint density at radius 1 is 1.47 bits per heavy atom. The van der Waals surface area contributed by atoms with Crippen molar-refractivity contribution in [2.75, 3.05) is 25.4 Å². The van der Waals surface area contributed by atoms with Gasteiger partial charge in [0.2, 0.25) is 0 Å². The van der Waals surface area contributed by atoms with Gasteiger partial charge in [-0.05, 0) is 12.7 Å². The zero-order valence-electron chi connectivity index (χ0n) is 8.34. The van der Waals surface area contributed by atoms with Gasteiger partial charge in [0, 0.05) is 5.75 Å². The highest BCUT2D eigenvalue weighted by Gasteiger charge is 2.15. The quantitative estimate of drug-likeness (QED) is 0.776. The fraction of sp³-hybridized carbons (Fsp3) is 0.750. The van der Waals surface area contributed by atoms with E-state index in [1.165, 1.54) is 0 Å². The van der Waals surface area contributed by atoms with E-state index < -0.39 is 0 Å². The maximum Gasteiger partial charge on any atom is 0.175 e. The van der Waals surface area contributed by atoms with Gasteiger partial charge in [-0.3, -0.25) is 0 Å². The SMILES string of the molecule is CSc1nnc(SC[C@H]2CCOCO2)s1. The smallest absolute Gasteiger partial charge is 0.175 e. The number of hydrogen-bond donors (Lipinski definition) is 0. The Morgan fingerprint density at radius 3 is 3.00 bits per heavy atom. The van der Waals surface area contributed by atoms with Crippen LogP contribution in [0, 0.1) is 0 Å². The van der Waals surface area contributed by atoms with Gasteiger partial charge in [-0.15, -0.1) is 10.2 Å². The summed E-state index contributed by atoms with van der Waals surface area (Å²) in [5.41, 5.74) is 0. The second-order valence-electron chi connectivity index (χ2n) is 2.95. The van der Waals surface area contributed by atoms with E-state index >= 15 is 0 Å². The molecule has 0 N–H and O–H groups in total. The minimum absolute atomic E-state index is 0.297. The largest absolute Gasteiger partial charge is 0.355 e. The summed E-state index contributed by atoms with van der Waals surface area (Å²) < 4.78 is 12.6. The molecule has 0 saturated carbocycles. The molecule has 1 aromatic rings. The van der Waals surface area contributed by atoms with Crippen LogP contribution in [-0.4, -0.2) is 41.7 Å². The molecule has 0 unspecified atom stereocenters. The third-order valence-corrected chi connectivity index (χ3v) is 5.09. The number of thioether (sulfide) groups is 2. The lowest BCUT2D eigenvalue weighted by molar-refractivity contribution is -0.130. The first-order valence-corrected chi connectivity index (χ1v) is 7.61. The van der Waals surface area contributed by atoms with E-state index in [2.05, 4.69) is 10.2 Å². The van der Waals surface area contributed by atoms with E-state index in [4.69, 9.17) is 9.47 Å². The number of aromatic nitrogens is 2. The summed E-state index contributed by atoms with van der Waals surface area (Å²) in [7, 11) is 0. The average Bonchev–Trinajstić information content (AvgIpc) is 2.76. The van der Waals surface area contributed by atoms with Gasteiger partial charge in [-0.1, -0.05) is 34.9 Å². The van der Waals surface area contributed by atoms with E-state index in [0.29, 0.717) is 12.9 Å². The highest BCUT2D eigenvalue weighted by atomic mass is 32.2. The first kappa shape index (κ1) is 11.7. The zero-order valence-corrected chi connectivity index (χ0v) is 10.8. The normalized spacial score (nSPS) is 21.8. The van der Waals surface area contributed by atoms with Crippen molar-refractivity contribution < 1.29 is 9.47 Å². The monoisotopic (exact) mass is 264 g/mol. The fourth-order valence-corrected chi connectivity index (χ4v) is 3.67. The summed E-state index contributed by atoms with van der Waals surface area (Å²) in [6.45, 7) is 1.23. The summed E-state index contributed by atoms with van der Waals surface area (Å²) in [5.74, 6) is 0.937. The molecule has 0 radical (unpaired) electrons. The lowest BCUT2D eigenvalue weighted by Crippen LogP contribution is -2.25. The predicted molar refractivity (Wildman–Crippen MR) is 62.7 cm³/mol. The van der Waals surface area contributed by atoms with Crippen LogP contribution in [0.5, 0.6) is 0 Å². The van der Waals surface area contributed by atoms with Gasteiger partial charge in [0.25, 0.3) is 0 Å². The van der Waals surface area contributed by atoms with Crippen LogP contribution in [0.4, 0.5) is 0 Å². The van der Waals surface area contributed by atoms with E-state index in [1.54, 1.807) is 34.9 Å². The molecule has 1 atom stereocenters. The predicted octanol–water partition coefficient (Wildman–Crippen LogP) is 2.12. The average molecular weight is 264 g/mol. The van der Waals surface area contributed by atoms with Crippen molar-refractivity contribution >= 4 is 34.9 Å². The second-order valence-corrected chi connectivity index (χ2v) is 6.25. The molecule has 0 bridgehead atoms. The Balaban J connectivity index is 1.76. The third kappa shape index (κ3) is 3.60. The summed E-state index contributed by atoms with van der Waals surface area (Å²) in [6.07, 6.45) is 3.28. The van der Waals surface area contributed by atoms with Crippen molar-refractivity contribution in [3.05, 3.63) is 0 Å². The molecule has 0 aliphatic carbocycles. The van der Waals surface area contributed by atoms with Crippen molar-refractivity contribution in [1.29, 1.82) is 0 Å². The molecule has 0 amide bonds. The maximum absolute atomic E-state index is 5.44. The maximum atomic E-state index is 5.44. The molecule has 15 heavy (non-hydrogen) atoms. The molecular formula is C8H12N2O2S3. The highest BCUT2D eigenvalue weighted by Crippen LogP contribution is 2.28. The molecular weight excluding hydrogens is 252 g/mol. The molecule has 4 nitrogen and oxygen atoms in total. The molecule has 1 fully saturated rings. The first-order chi connectivity index (χ1) is 7.38. The van der Waals surface area contributed by atoms with Gasteiger partial charge in [-0.2, -0.15) is 0 Å². The lowest BCUT2D eigenvalue weighted by atomic mass is 10.3.